The minimum absolute atomic E-state index is 0.0497. The normalized spacial score (nSPS) is 15.3. The number of hydrogen-bond acceptors (Lipinski definition) is 3. The zero-order valence-electron chi connectivity index (χ0n) is 12.2. The number of carbonyl (C=O) groups excluding carboxylic acids is 2. The van der Waals surface area contributed by atoms with Crippen LogP contribution in [0.15, 0.2) is 42.7 Å². The summed E-state index contributed by atoms with van der Waals surface area (Å²) in [5.41, 5.74) is 7.41. The monoisotopic (exact) mass is 297 g/mol. The molecule has 0 saturated heterocycles. The molecule has 1 atom stereocenters. The number of ketones is 1. The summed E-state index contributed by atoms with van der Waals surface area (Å²) in [6.07, 6.45) is 5.63. The fourth-order valence-electron chi connectivity index (χ4n) is 2.52. The third-order valence-corrected chi connectivity index (χ3v) is 4.03. The van der Waals surface area contributed by atoms with Crippen molar-refractivity contribution in [1.29, 1.82) is 0 Å². The molecule has 0 radical (unpaired) electrons. The van der Waals surface area contributed by atoms with Gasteiger partial charge in [0, 0.05) is 41.7 Å². The maximum Gasteiger partial charge on any atom is 0.251 e. The fraction of sp³-hybridized carbons (Fsp3) is 0.294. The lowest BCUT2D eigenvalue weighted by atomic mass is 10.0. The maximum absolute atomic E-state index is 12.2. The van der Waals surface area contributed by atoms with Crippen molar-refractivity contribution >= 4 is 11.7 Å². The first-order valence-electron chi connectivity index (χ1n) is 7.47. The predicted octanol–water partition coefficient (Wildman–Crippen LogP) is 1.71. The van der Waals surface area contributed by atoms with Gasteiger partial charge in [0.25, 0.3) is 5.91 Å². The van der Waals surface area contributed by atoms with Crippen molar-refractivity contribution in [3.8, 4) is 0 Å². The van der Waals surface area contributed by atoms with Crippen molar-refractivity contribution in [2.45, 2.75) is 18.9 Å². The van der Waals surface area contributed by atoms with Crippen LogP contribution in [0.3, 0.4) is 0 Å². The quantitative estimate of drug-likeness (QED) is 0.709. The SMILES string of the molecule is NCC(NC(=O)c1ccc(C(=O)c2cc[nH]c2)cc1)C1CC1. The minimum Gasteiger partial charge on any atom is -0.367 e. The molecule has 1 aliphatic carbocycles. The third kappa shape index (κ3) is 3.09. The highest BCUT2D eigenvalue weighted by molar-refractivity contribution is 6.09. The molecule has 5 heteroatoms. The van der Waals surface area contributed by atoms with Gasteiger partial charge >= 0.3 is 0 Å². The van der Waals surface area contributed by atoms with Crippen LogP contribution in [0.25, 0.3) is 0 Å². The predicted molar refractivity (Wildman–Crippen MR) is 83.7 cm³/mol. The fourth-order valence-corrected chi connectivity index (χ4v) is 2.52. The van der Waals surface area contributed by atoms with E-state index in [0.717, 1.165) is 12.8 Å². The second-order valence-electron chi connectivity index (χ2n) is 5.66. The number of amides is 1. The highest BCUT2D eigenvalue weighted by Gasteiger charge is 2.31. The summed E-state index contributed by atoms with van der Waals surface area (Å²) in [6.45, 7) is 0.459. The Morgan fingerprint density at radius 1 is 1.14 bits per heavy atom. The van der Waals surface area contributed by atoms with Crippen LogP contribution in [-0.2, 0) is 0 Å². The van der Waals surface area contributed by atoms with Crippen molar-refractivity contribution in [3.05, 3.63) is 59.4 Å². The topological polar surface area (TPSA) is 88.0 Å². The lowest BCUT2D eigenvalue weighted by Gasteiger charge is -2.16. The van der Waals surface area contributed by atoms with E-state index in [0.29, 0.717) is 29.2 Å². The van der Waals surface area contributed by atoms with E-state index in [1.54, 1.807) is 42.7 Å². The number of nitrogens with one attached hydrogen (secondary N) is 2. The summed E-state index contributed by atoms with van der Waals surface area (Å²) in [5.74, 6) is 0.317. The molecule has 0 spiro atoms. The first-order valence-corrected chi connectivity index (χ1v) is 7.47. The van der Waals surface area contributed by atoms with Crippen molar-refractivity contribution < 1.29 is 9.59 Å². The second-order valence-corrected chi connectivity index (χ2v) is 5.66. The molecule has 2 aromatic rings. The largest absolute Gasteiger partial charge is 0.367 e. The molecule has 1 aromatic carbocycles. The van der Waals surface area contributed by atoms with Gasteiger partial charge in [-0.2, -0.15) is 0 Å². The molecule has 1 amide bonds. The number of carbonyl (C=O) groups is 2. The van der Waals surface area contributed by atoms with Gasteiger partial charge in [0.15, 0.2) is 5.78 Å². The van der Waals surface area contributed by atoms with Crippen molar-refractivity contribution in [2.75, 3.05) is 6.54 Å². The lowest BCUT2D eigenvalue weighted by molar-refractivity contribution is 0.0932. The number of rotatable bonds is 6. The number of benzene rings is 1. The molecule has 114 valence electrons. The molecule has 1 saturated carbocycles. The van der Waals surface area contributed by atoms with Crippen molar-refractivity contribution in [2.24, 2.45) is 11.7 Å². The number of H-pyrrole nitrogens is 1. The molecule has 1 aliphatic rings. The van der Waals surface area contributed by atoms with Crippen molar-refractivity contribution in [3.63, 3.8) is 0 Å². The average molecular weight is 297 g/mol. The zero-order valence-corrected chi connectivity index (χ0v) is 12.2. The first-order chi connectivity index (χ1) is 10.7. The van der Waals surface area contributed by atoms with Gasteiger partial charge in [-0.05, 0) is 37.0 Å². The van der Waals surface area contributed by atoms with E-state index in [2.05, 4.69) is 10.3 Å². The molecule has 4 N–H and O–H groups in total. The van der Waals surface area contributed by atoms with E-state index < -0.39 is 0 Å². The molecule has 1 fully saturated rings. The lowest BCUT2D eigenvalue weighted by Crippen LogP contribution is -2.41. The van der Waals surface area contributed by atoms with Gasteiger partial charge in [0.1, 0.15) is 0 Å². The molecule has 1 aromatic heterocycles. The van der Waals surface area contributed by atoms with E-state index in [4.69, 9.17) is 5.73 Å². The molecule has 0 bridgehead atoms. The molecule has 0 aliphatic heterocycles. The number of hydrogen-bond donors (Lipinski definition) is 3. The van der Waals surface area contributed by atoms with Gasteiger partial charge in [-0.25, -0.2) is 0 Å². The van der Waals surface area contributed by atoms with Crippen LogP contribution in [0, 0.1) is 5.92 Å². The van der Waals surface area contributed by atoms with E-state index in [1.807, 2.05) is 0 Å². The third-order valence-electron chi connectivity index (χ3n) is 4.03. The van der Waals surface area contributed by atoms with Gasteiger partial charge in [0.05, 0.1) is 0 Å². The minimum atomic E-state index is -0.136. The number of aromatic nitrogens is 1. The van der Waals surface area contributed by atoms with Gasteiger partial charge < -0.3 is 16.0 Å². The van der Waals surface area contributed by atoms with E-state index in [9.17, 15) is 9.59 Å². The molecular weight excluding hydrogens is 278 g/mol. The van der Waals surface area contributed by atoms with Crippen LogP contribution < -0.4 is 11.1 Å². The average Bonchev–Trinajstić information content (AvgIpc) is 3.25. The number of nitrogens with two attached hydrogens (primary N) is 1. The summed E-state index contributed by atoms with van der Waals surface area (Å²) in [6, 6.07) is 8.49. The van der Waals surface area contributed by atoms with Crippen LogP contribution in [0.5, 0.6) is 0 Å². The van der Waals surface area contributed by atoms with Crippen LogP contribution in [0.2, 0.25) is 0 Å². The molecular formula is C17H19N3O2. The van der Waals surface area contributed by atoms with Crippen LogP contribution in [0.4, 0.5) is 0 Å². The standard InChI is InChI=1S/C17H19N3O2/c18-9-15(11-1-2-11)20-17(22)13-5-3-12(4-6-13)16(21)14-7-8-19-10-14/h3-8,10-11,15,19H,1-2,9,18H2,(H,20,22). The zero-order chi connectivity index (χ0) is 15.5. The van der Waals surface area contributed by atoms with E-state index >= 15 is 0 Å². The molecule has 5 nitrogen and oxygen atoms in total. The molecule has 3 rings (SSSR count). The Bertz CT molecular complexity index is 658. The molecule has 1 unspecified atom stereocenters. The van der Waals surface area contributed by atoms with Crippen LogP contribution >= 0.6 is 0 Å². The van der Waals surface area contributed by atoms with Gasteiger partial charge in [0.2, 0.25) is 0 Å². The Morgan fingerprint density at radius 3 is 2.36 bits per heavy atom. The smallest absolute Gasteiger partial charge is 0.251 e. The summed E-state index contributed by atoms with van der Waals surface area (Å²) < 4.78 is 0. The Kier molecular flexibility index (Phi) is 4.06. The van der Waals surface area contributed by atoms with Crippen LogP contribution in [-0.4, -0.2) is 29.3 Å². The summed E-state index contributed by atoms with van der Waals surface area (Å²) >= 11 is 0. The van der Waals surface area contributed by atoms with E-state index in [-0.39, 0.29) is 17.7 Å². The maximum atomic E-state index is 12.2. The molecule has 22 heavy (non-hydrogen) atoms. The number of aromatic amines is 1. The van der Waals surface area contributed by atoms with E-state index in [1.165, 1.54) is 0 Å². The highest BCUT2D eigenvalue weighted by atomic mass is 16.1. The molecule has 1 heterocycles. The highest BCUT2D eigenvalue weighted by Crippen LogP contribution is 2.32. The van der Waals surface area contributed by atoms with Crippen LogP contribution in [0.1, 0.15) is 39.1 Å². The summed E-state index contributed by atoms with van der Waals surface area (Å²) in [4.78, 5) is 27.2. The Balaban J connectivity index is 1.68. The summed E-state index contributed by atoms with van der Waals surface area (Å²) in [7, 11) is 0. The first kappa shape index (κ1) is 14.5. The Morgan fingerprint density at radius 2 is 1.82 bits per heavy atom. The summed E-state index contributed by atoms with van der Waals surface area (Å²) in [5, 5.41) is 2.97. The Hall–Kier alpha value is -2.40. The van der Waals surface area contributed by atoms with Gasteiger partial charge in [-0.1, -0.05) is 12.1 Å². The van der Waals surface area contributed by atoms with Gasteiger partial charge in [-0.3, -0.25) is 9.59 Å². The Labute approximate surface area is 128 Å². The second kappa shape index (κ2) is 6.15. The van der Waals surface area contributed by atoms with Gasteiger partial charge in [-0.15, -0.1) is 0 Å². The van der Waals surface area contributed by atoms with Crippen molar-refractivity contribution in [1.82, 2.24) is 10.3 Å².